The molecule has 5 rings (SSSR count). The summed E-state index contributed by atoms with van der Waals surface area (Å²) >= 11 is 8.83. The molecule has 0 saturated carbocycles. The molecule has 0 saturated heterocycles. The van der Waals surface area contributed by atoms with Gasteiger partial charge in [0.2, 0.25) is 0 Å². The molecule has 0 unspecified atom stereocenters. The Morgan fingerprint density at radius 2 is 1.91 bits per heavy atom. The average molecular weight is 525 g/mol. The van der Waals surface area contributed by atoms with Crippen LogP contribution in [0.15, 0.2) is 63.6 Å². The van der Waals surface area contributed by atoms with Crippen molar-refractivity contribution in [1.82, 2.24) is 15.0 Å². The number of fused-ring (bicyclic) bond motifs is 3. The van der Waals surface area contributed by atoms with Crippen LogP contribution in [0.2, 0.25) is 5.02 Å². The molecule has 178 valence electrons. The fraction of sp³-hybridized carbons (Fsp3) is 0.200. The maximum Gasteiger partial charge on any atom is 0.267 e. The molecular weight excluding hydrogens is 504 g/mol. The number of nitrogens with one attached hydrogen (secondary N) is 1. The molecule has 0 spiro atoms. The maximum absolute atomic E-state index is 13.7. The van der Waals surface area contributed by atoms with Gasteiger partial charge in [-0.05, 0) is 85.3 Å². The summed E-state index contributed by atoms with van der Waals surface area (Å²) in [6, 6.07) is 13.5. The summed E-state index contributed by atoms with van der Waals surface area (Å²) in [4.78, 5) is 32.9. The standard InChI is InChI=1S/C25H21ClN4O3S2/c26-16-7-9-17(10-8-16)30-24(33)22-19-3-1-2-4-20(19)35-23(22)28-25(30)34-14-21(32)29-27-13-15-5-11-18(31)12-6-15/h5-13,31H,1-4,14H2,(H,29,32). The highest BCUT2D eigenvalue weighted by Crippen LogP contribution is 2.35. The van der Waals surface area contributed by atoms with Gasteiger partial charge in [0, 0.05) is 9.90 Å². The number of carbonyl (C=O) groups excluding carboxylic acids is 1. The molecule has 2 aromatic carbocycles. The van der Waals surface area contributed by atoms with Crippen molar-refractivity contribution in [2.45, 2.75) is 30.8 Å². The van der Waals surface area contributed by atoms with Gasteiger partial charge in [0.05, 0.1) is 23.0 Å². The molecule has 1 aliphatic carbocycles. The Morgan fingerprint density at radius 1 is 1.17 bits per heavy atom. The predicted molar refractivity (Wildman–Crippen MR) is 141 cm³/mol. The number of aromatic hydroxyl groups is 1. The molecule has 1 aliphatic rings. The van der Waals surface area contributed by atoms with Crippen molar-refractivity contribution in [3.8, 4) is 11.4 Å². The minimum absolute atomic E-state index is 0.0313. The maximum atomic E-state index is 13.7. The van der Waals surface area contributed by atoms with Crippen LogP contribution in [-0.4, -0.2) is 32.5 Å². The van der Waals surface area contributed by atoms with E-state index in [0.717, 1.165) is 41.6 Å². The van der Waals surface area contributed by atoms with E-state index in [1.54, 1.807) is 64.4 Å². The minimum atomic E-state index is -0.326. The number of hydrogen-bond acceptors (Lipinski definition) is 7. The van der Waals surface area contributed by atoms with Crippen LogP contribution in [0.3, 0.4) is 0 Å². The van der Waals surface area contributed by atoms with Crippen LogP contribution in [0.5, 0.6) is 5.75 Å². The summed E-state index contributed by atoms with van der Waals surface area (Å²) in [5.74, 6) is -0.137. The first-order chi connectivity index (χ1) is 17.0. The predicted octanol–water partition coefficient (Wildman–Crippen LogP) is 4.93. The van der Waals surface area contributed by atoms with E-state index in [2.05, 4.69) is 10.5 Å². The summed E-state index contributed by atoms with van der Waals surface area (Å²) in [6.45, 7) is 0. The lowest BCUT2D eigenvalue weighted by Crippen LogP contribution is -2.24. The number of thiophene rings is 1. The summed E-state index contributed by atoms with van der Waals surface area (Å²) in [7, 11) is 0. The van der Waals surface area contributed by atoms with Crippen LogP contribution in [0.25, 0.3) is 15.9 Å². The molecular formula is C25H21ClN4O3S2. The molecule has 2 N–H and O–H groups in total. The topological polar surface area (TPSA) is 96.6 Å². The Balaban J connectivity index is 1.42. The summed E-state index contributed by atoms with van der Waals surface area (Å²) in [5, 5.41) is 15.0. The number of carbonyl (C=O) groups is 1. The number of thioether (sulfide) groups is 1. The summed E-state index contributed by atoms with van der Waals surface area (Å²) in [6.07, 6.45) is 5.55. The van der Waals surface area contributed by atoms with Gasteiger partial charge in [0.1, 0.15) is 10.6 Å². The quantitative estimate of drug-likeness (QED) is 0.161. The lowest BCUT2D eigenvalue weighted by Gasteiger charge is -2.13. The van der Waals surface area contributed by atoms with Crippen LogP contribution in [0.1, 0.15) is 28.8 Å². The number of aryl methyl sites for hydroxylation is 2. The third-order valence-electron chi connectivity index (χ3n) is 5.67. The average Bonchev–Trinajstić information content (AvgIpc) is 3.23. The first-order valence-electron chi connectivity index (χ1n) is 11.1. The van der Waals surface area contributed by atoms with Gasteiger partial charge in [-0.25, -0.2) is 10.4 Å². The monoisotopic (exact) mass is 524 g/mol. The van der Waals surface area contributed by atoms with Gasteiger partial charge < -0.3 is 5.11 Å². The number of phenols is 1. The first kappa shape index (κ1) is 23.6. The van der Waals surface area contributed by atoms with Gasteiger partial charge >= 0.3 is 0 Å². The second kappa shape index (κ2) is 10.2. The zero-order valence-electron chi connectivity index (χ0n) is 18.5. The highest BCUT2D eigenvalue weighted by atomic mass is 35.5. The van der Waals surface area contributed by atoms with E-state index in [1.807, 2.05) is 0 Å². The third-order valence-corrected chi connectivity index (χ3v) is 8.05. The second-order valence-corrected chi connectivity index (χ2v) is 10.5. The Kier molecular flexibility index (Phi) is 6.90. The van der Waals surface area contributed by atoms with E-state index in [0.29, 0.717) is 21.3 Å². The van der Waals surface area contributed by atoms with Crippen molar-refractivity contribution >= 4 is 57.0 Å². The molecule has 35 heavy (non-hydrogen) atoms. The van der Waals surface area contributed by atoms with E-state index >= 15 is 0 Å². The van der Waals surface area contributed by atoms with Gasteiger partial charge in [-0.3, -0.25) is 14.2 Å². The molecule has 7 nitrogen and oxygen atoms in total. The van der Waals surface area contributed by atoms with Crippen molar-refractivity contribution in [2.75, 3.05) is 5.75 Å². The number of halogens is 1. The lowest BCUT2D eigenvalue weighted by molar-refractivity contribution is -0.118. The number of hydrogen-bond donors (Lipinski definition) is 2. The number of hydrazone groups is 1. The SMILES string of the molecule is O=C(CSc1nc2sc3c(c2c(=O)n1-c1ccc(Cl)cc1)CCCC3)NN=Cc1ccc(O)cc1. The molecule has 0 fully saturated rings. The Hall–Kier alpha value is -3.14. The second-order valence-electron chi connectivity index (χ2n) is 8.08. The zero-order valence-corrected chi connectivity index (χ0v) is 20.9. The van der Waals surface area contributed by atoms with Gasteiger partial charge in [0.15, 0.2) is 5.16 Å². The van der Waals surface area contributed by atoms with Crippen LogP contribution in [-0.2, 0) is 17.6 Å². The smallest absolute Gasteiger partial charge is 0.267 e. The van der Waals surface area contributed by atoms with Gasteiger partial charge in [0.25, 0.3) is 11.5 Å². The number of amides is 1. The highest BCUT2D eigenvalue weighted by molar-refractivity contribution is 7.99. The summed E-state index contributed by atoms with van der Waals surface area (Å²) in [5.41, 5.74) is 4.88. The van der Waals surface area contributed by atoms with Gasteiger partial charge in [-0.15, -0.1) is 11.3 Å². The molecule has 1 amide bonds. The molecule has 2 aromatic heterocycles. The Bertz CT molecular complexity index is 1480. The Labute approximate surface area is 214 Å². The van der Waals surface area contributed by atoms with Gasteiger partial charge in [-0.1, -0.05) is 23.4 Å². The van der Waals surface area contributed by atoms with E-state index in [-0.39, 0.29) is 23.0 Å². The largest absolute Gasteiger partial charge is 0.508 e. The number of nitrogens with zero attached hydrogens (tertiary/aromatic N) is 3. The van der Waals surface area contributed by atoms with Crippen molar-refractivity contribution in [3.05, 3.63) is 79.9 Å². The van der Waals surface area contributed by atoms with Crippen LogP contribution in [0, 0.1) is 0 Å². The molecule has 2 heterocycles. The first-order valence-corrected chi connectivity index (χ1v) is 13.2. The lowest BCUT2D eigenvalue weighted by atomic mass is 9.97. The van der Waals surface area contributed by atoms with Crippen molar-refractivity contribution in [1.29, 1.82) is 0 Å². The molecule has 10 heteroatoms. The highest BCUT2D eigenvalue weighted by Gasteiger charge is 2.23. The van der Waals surface area contributed by atoms with Crippen LogP contribution in [0.4, 0.5) is 0 Å². The number of phenolic OH excluding ortho intramolecular Hbond substituents is 1. The number of aromatic nitrogens is 2. The third kappa shape index (κ3) is 5.12. The van der Waals surface area contributed by atoms with Crippen molar-refractivity contribution in [2.24, 2.45) is 5.10 Å². The number of benzene rings is 2. The van der Waals surface area contributed by atoms with E-state index in [1.165, 1.54) is 22.9 Å². The Morgan fingerprint density at radius 3 is 2.69 bits per heavy atom. The molecule has 0 aliphatic heterocycles. The molecule has 0 bridgehead atoms. The van der Waals surface area contributed by atoms with E-state index in [9.17, 15) is 14.7 Å². The number of rotatable bonds is 6. The van der Waals surface area contributed by atoms with Crippen molar-refractivity contribution < 1.29 is 9.90 Å². The summed E-state index contributed by atoms with van der Waals surface area (Å²) < 4.78 is 1.57. The minimum Gasteiger partial charge on any atom is -0.508 e. The molecule has 0 atom stereocenters. The fourth-order valence-electron chi connectivity index (χ4n) is 4.00. The molecule has 4 aromatic rings. The van der Waals surface area contributed by atoms with E-state index < -0.39 is 0 Å². The van der Waals surface area contributed by atoms with Crippen LogP contribution >= 0.6 is 34.7 Å². The normalized spacial score (nSPS) is 13.3. The van der Waals surface area contributed by atoms with Crippen LogP contribution < -0.4 is 11.0 Å². The van der Waals surface area contributed by atoms with E-state index in [4.69, 9.17) is 16.6 Å². The fourth-order valence-corrected chi connectivity index (χ4v) is 6.24. The van der Waals surface area contributed by atoms with Gasteiger partial charge in [-0.2, -0.15) is 5.10 Å². The molecule has 0 radical (unpaired) electrons. The van der Waals surface area contributed by atoms with Crippen molar-refractivity contribution in [3.63, 3.8) is 0 Å². The zero-order chi connectivity index (χ0) is 24.4.